The van der Waals surface area contributed by atoms with Crippen LogP contribution in [0.2, 0.25) is 0 Å². The van der Waals surface area contributed by atoms with E-state index in [0.29, 0.717) is 12.0 Å². The quantitative estimate of drug-likeness (QED) is 0.855. The molecule has 4 heteroatoms. The summed E-state index contributed by atoms with van der Waals surface area (Å²) in [5, 5.41) is 0. The van der Waals surface area contributed by atoms with Crippen LogP contribution in [0.4, 0.5) is 0 Å². The molecule has 2 atom stereocenters. The van der Waals surface area contributed by atoms with Crippen molar-refractivity contribution in [3.63, 3.8) is 0 Å². The Kier molecular flexibility index (Phi) is 4.18. The van der Waals surface area contributed by atoms with Gasteiger partial charge in [0, 0.05) is 30.3 Å². The van der Waals surface area contributed by atoms with Crippen LogP contribution in [0.25, 0.3) is 0 Å². The molecule has 0 radical (unpaired) electrons. The van der Waals surface area contributed by atoms with Gasteiger partial charge in [0.2, 0.25) is 5.88 Å². The van der Waals surface area contributed by atoms with E-state index < -0.39 is 0 Å². The van der Waals surface area contributed by atoms with E-state index in [0.717, 1.165) is 23.7 Å². The van der Waals surface area contributed by atoms with Crippen LogP contribution in [-0.2, 0) is 4.74 Å². The molecule has 2 unspecified atom stereocenters. The average molecular weight is 286 g/mol. The van der Waals surface area contributed by atoms with Gasteiger partial charge in [-0.1, -0.05) is 0 Å². The Morgan fingerprint density at radius 2 is 2.12 bits per heavy atom. The highest BCUT2D eigenvalue weighted by Gasteiger charge is 2.23. The zero-order valence-corrected chi connectivity index (χ0v) is 10.9. The molecule has 1 aromatic rings. The van der Waals surface area contributed by atoms with Crippen molar-refractivity contribution in [3.05, 3.63) is 22.8 Å². The second kappa shape index (κ2) is 5.64. The summed E-state index contributed by atoms with van der Waals surface area (Å²) in [6.45, 7) is 0. The number of halogens is 1. The van der Waals surface area contributed by atoms with Crippen LogP contribution in [0.5, 0.6) is 5.88 Å². The van der Waals surface area contributed by atoms with Crippen molar-refractivity contribution >= 4 is 15.9 Å². The Balaban J connectivity index is 1.91. The molecule has 0 saturated heterocycles. The van der Waals surface area contributed by atoms with Gasteiger partial charge in [-0.2, -0.15) is 0 Å². The van der Waals surface area contributed by atoms with Crippen molar-refractivity contribution < 1.29 is 9.47 Å². The third-order valence-electron chi connectivity index (χ3n) is 2.90. The minimum atomic E-state index is 0.243. The van der Waals surface area contributed by atoms with Crippen molar-refractivity contribution in [3.8, 4) is 5.88 Å². The molecule has 2 rings (SSSR count). The zero-order chi connectivity index (χ0) is 11.4. The Labute approximate surface area is 104 Å². The van der Waals surface area contributed by atoms with E-state index in [9.17, 15) is 0 Å². The van der Waals surface area contributed by atoms with Crippen LogP contribution in [0.1, 0.15) is 25.7 Å². The lowest BCUT2D eigenvalue weighted by Crippen LogP contribution is -2.29. The molecule has 88 valence electrons. The molecule has 16 heavy (non-hydrogen) atoms. The molecule has 0 aliphatic heterocycles. The molecule has 0 N–H and O–H groups in total. The first-order valence-electron chi connectivity index (χ1n) is 5.59. The second-order valence-corrected chi connectivity index (χ2v) is 4.99. The third kappa shape index (κ3) is 3.19. The minimum absolute atomic E-state index is 0.243. The molecule has 1 aliphatic carbocycles. The van der Waals surface area contributed by atoms with Gasteiger partial charge in [0.1, 0.15) is 6.10 Å². The highest BCUT2D eigenvalue weighted by molar-refractivity contribution is 9.10. The molecule has 1 saturated carbocycles. The summed E-state index contributed by atoms with van der Waals surface area (Å²) >= 11 is 3.35. The fourth-order valence-corrected chi connectivity index (χ4v) is 2.26. The number of ether oxygens (including phenoxy) is 2. The number of hydrogen-bond acceptors (Lipinski definition) is 3. The monoisotopic (exact) mass is 285 g/mol. The zero-order valence-electron chi connectivity index (χ0n) is 9.36. The van der Waals surface area contributed by atoms with Gasteiger partial charge in [-0.05, 0) is 41.3 Å². The molecule has 1 aromatic heterocycles. The average Bonchev–Trinajstić information content (AvgIpc) is 2.32. The summed E-state index contributed by atoms with van der Waals surface area (Å²) in [5.74, 6) is 0.699. The van der Waals surface area contributed by atoms with Gasteiger partial charge >= 0.3 is 0 Å². The lowest BCUT2D eigenvalue weighted by atomic mass is 9.95. The number of pyridine rings is 1. The Morgan fingerprint density at radius 3 is 2.81 bits per heavy atom. The topological polar surface area (TPSA) is 31.4 Å². The van der Waals surface area contributed by atoms with Crippen LogP contribution in [0.15, 0.2) is 22.8 Å². The van der Waals surface area contributed by atoms with Crippen LogP contribution in [-0.4, -0.2) is 24.3 Å². The fraction of sp³-hybridized carbons (Fsp3) is 0.583. The molecule has 3 nitrogen and oxygen atoms in total. The van der Waals surface area contributed by atoms with Crippen molar-refractivity contribution in [1.82, 2.24) is 4.98 Å². The number of rotatable bonds is 3. The van der Waals surface area contributed by atoms with Gasteiger partial charge in [-0.25, -0.2) is 4.98 Å². The van der Waals surface area contributed by atoms with Crippen LogP contribution < -0.4 is 4.74 Å². The first-order chi connectivity index (χ1) is 7.78. The van der Waals surface area contributed by atoms with Crippen molar-refractivity contribution in [1.29, 1.82) is 0 Å². The number of methoxy groups -OCH3 is 1. The van der Waals surface area contributed by atoms with Crippen molar-refractivity contribution in [2.45, 2.75) is 37.9 Å². The minimum Gasteiger partial charge on any atom is -0.474 e. The Bertz CT molecular complexity index is 328. The first kappa shape index (κ1) is 11.9. The van der Waals surface area contributed by atoms with Gasteiger partial charge in [0.05, 0.1) is 6.10 Å². The van der Waals surface area contributed by atoms with Gasteiger partial charge in [-0.15, -0.1) is 0 Å². The molecule has 0 spiro atoms. The number of hydrogen-bond donors (Lipinski definition) is 0. The van der Waals surface area contributed by atoms with E-state index in [1.54, 1.807) is 13.3 Å². The number of aromatic nitrogens is 1. The normalized spacial score (nSPS) is 25.4. The standard InChI is InChI=1S/C12H16BrNO2/c1-15-10-3-2-4-11(7-10)16-12-6-5-9(13)8-14-12/h5-6,8,10-11H,2-4,7H2,1H3. The predicted molar refractivity (Wildman–Crippen MR) is 65.6 cm³/mol. The Morgan fingerprint density at radius 1 is 1.31 bits per heavy atom. The summed E-state index contributed by atoms with van der Waals surface area (Å²) in [5.41, 5.74) is 0. The lowest BCUT2D eigenvalue weighted by molar-refractivity contribution is 0.0195. The Hall–Kier alpha value is -0.610. The number of nitrogens with zero attached hydrogens (tertiary/aromatic N) is 1. The molecular weight excluding hydrogens is 270 g/mol. The summed E-state index contributed by atoms with van der Waals surface area (Å²) in [7, 11) is 1.77. The summed E-state index contributed by atoms with van der Waals surface area (Å²) in [4.78, 5) is 4.21. The predicted octanol–water partition coefficient (Wildman–Crippen LogP) is 3.18. The second-order valence-electron chi connectivity index (χ2n) is 4.08. The SMILES string of the molecule is COC1CCCC(Oc2ccc(Br)cn2)C1. The van der Waals surface area contributed by atoms with Crippen LogP contribution >= 0.6 is 15.9 Å². The van der Waals surface area contributed by atoms with Crippen molar-refractivity contribution in [2.75, 3.05) is 7.11 Å². The molecular formula is C12H16BrNO2. The maximum atomic E-state index is 5.83. The maximum Gasteiger partial charge on any atom is 0.213 e. The highest BCUT2D eigenvalue weighted by Crippen LogP contribution is 2.24. The molecule has 0 bridgehead atoms. The van der Waals surface area contributed by atoms with Crippen LogP contribution in [0, 0.1) is 0 Å². The van der Waals surface area contributed by atoms with E-state index in [1.807, 2.05) is 12.1 Å². The molecule has 1 heterocycles. The van der Waals surface area contributed by atoms with E-state index in [4.69, 9.17) is 9.47 Å². The van der Waals surface area contributed by atoms with Crippen molar-refractivity contribution in [2.24, 2.45) is 0 Å². The van der Waals surface area contributed by atoms with E-state index in [2.05, 4.69) is 20.9 Å². The van der Waals surface area contributed by atoms with E-state index in [-0.39, 0.29) is 6.10 Å². The van der Waals surface area contributed by atoms with Gasteiger partial charge < -0.3 is 9.47 Å². The van der Waals surface area contributed by atoms with Gasteiger partial charge in [0.15, 0.2) is 0 Å². The summed E-state index contributed by atoms with van der Waals surface area (Å²) in [6.07, 6.45) is 6.71. The van der Waals surface area contributed by atoms with Gasteiger partial charge in [0.25, 0.3) is 0 Å². The summed E-state index contributed by atoms with van der Waals surface area (Å²) < 4.78 is 12.2. The smallest absolute Gasteiger partial charge is 0.213 e. The lowest BCUT2D eigenvalue weighted by Gasteiger charge is -2.28. The third-order valence-corrected chi connectivity index (χ3v) is 3.37. The first-order valence-corrected chi connectivity index (χ1v) is 6.38. The van der Waals surface area contributed by atoms with E-state index >= 15 is 0 Å². The fourth-order valence-electron chi connectivity index (χ4n) is 2.03. The largest absolute Gasteiger partial charge is 0.474 e. The summed E-state index contributed by atoms with van der Waals surface area (Å²) in [6, 6.07) is 3.83. The molecule has 0 aromatic carbocycles. The maximum absolute atomic E-state index is 5.83. The highest BCUT2D eigenvalue weighted by atomic mass is 79.9. The molecule has 1 aliphatic rings. The van der Waals surface area contributed by atoms with E-state index in [1.165, 1.54) is 6.42 Å². The van der Waals surface area contributed by atoms with Crippen LogP contribution in [0.3, 0.4) is 0 Å². The molecule has 1 fully saturated rings. The molecule has 0 amide bonds. The van der Waals surface area contributed by atoms with Gasteiger partial charge in [-0.3, -0.25) is 0 Å².